The van der Waals surface area contributed by atoms with Crippen LogP contribution in [0.5, 0.6) is 0 Å². The predicted octanol–water partition coefficient (Wildman–Crippen LogP) is 1.01. The molecule has 0 fully saturated rings. The molecule has 0 saturated heterocycles. The lowest BCUT2D eigenvalue weighted by atomic mass is 10.2. The number of carbonyl (C=O) groups is 2. The van der Waals surface area contributed by atoms with Crippen molar-refractivity contribution in [1.29, 1.82) is 0 Å². The van der Waals surface area contributed by atoms with Crippen molar-refractivity contribution < 1.29 is 9.59 Å². The van der Waals surface area contributed by atoms with E-state index in [1.54, 1.807) is 6.92 Å². The van der Waals surface area contributed by atoms with Crippen molar-refractivity contribution in [2.75, 3.05) is 0 Å². The van der Waals surface area contributed by atoms with E-state index in [2.05, 4.69) is 5.32 Å². The number of nitrogens with one attached hydrogen (secondary N) is 1. The summed E-state index contributed by atoms with van der Waals surface area (Å²) in [5.41, 5.74) is 1.52. The number of hydrogen-bond acceptors (Lipinski definition) is 2. The van der Waals surface area contributed by atoms with E-state index in [9.17, 15) is 9.59 Å². The topological polar surface area (TPSA) is 46.2 Å². The van der Waals surface area contributed by atoms with Crippen molar-refractivity contribution in [3.05, 3.63) is 11.1 Å². The summed E-state index contributed by atoms with van der Waals surface area (Å²) in [5.74, 6) is -0.631. The normalized spacial score (nSPS) is 8.73. The molecule has 0 bridgehead atoms. The molecule has 3 heteroatoms. The molecule has 0 aromatic heterocycles. The summed E-state index contributed by atoms with van der Waals surface area (Å²) < 4.78 is 0. The molecule has 3 nitrogen and oxygen atoms in total. The van der Waals surface area contributed by atoms with Gasteiger partial charge in [-0.2, -0.15) is 0 Å². The van der Waals surface area contributed by atoms with Crippen LogP contribution in [0.25, 0.3) is 0 Å². The van der Waals surface area contributed by atoms with Crippen LogP contribution in [-0.2, 0) is 9.59 Å². The summed E-state index contributed by atoms with van der Waals surface area (Å²) in [6, 6.07) is 0. The largest absolute Gasteiger partial charge is 0.293 e. The smallest absolute Gasteiger partial charge is 0.253 e. The fraction of sp³-hybridized carbons (Fsp3) is 0.500. The SMILES string of the molecule is CC(=O)NC(=O)C(C)=C(C)C. The van der Waals surface area contributed by atoms with Gasteiger partial charge in [-0.05, 0) is 20.8 Å². The van der Waals surface area contributed by atoms with E-state index in [0.29, 0.717) is 5.57 Å². The van der Waals surface area contributed by atoms with E-state index in [1.165, 1.54) is 6.92 Å². The Hall–Kier alpha value is -1.12. The van der Waals surface area contributed by atoms with E-state index in [-0.39, 0.29) is 11.8 Å². The van der Waals surface area contributed by atoms with Gasteiger partial charge in [-0.3, -0.25) is 14.9 Å². The van der Waals surface area contributed by atoms with Crippen LogP contribution in [0.2, 0.25) is 0 Å². The fourth-order valence-electron chi connectivity index (χ4n) is 0.481. The zero-order valence-corrected chi connectivity index (χ0v) is 7.32. The average molecular weight is 155 g/mol. The second-order valence-corrected chi connectivity index (χ2v) is 2.64. The monoisotopic (exact) mass is 155 g/mol. The van der Waals surface area contributed by atoms with Gasteiger partial charge in [0.05, 0.1) is 0 Å². The van der Waals surface area contributed by atoms with Crippen molar-refractivity contribution in [2.24, 2.45) is 0 Å². The quantitative estimate of drug-likeness (QED) is 0.574. The second kappa shape index (κ2) is 3.91. The van der Waals surface area contributed by atoms with E-state index in [0.717, 1.165) is 5.57 Å². The predicted molar refractivity (Wildman–Crippen MR) is 42.9 cm³/mol. The van der Waals surface area contributed by atoms with Gasteiger partial charge in [-0.15, -0.1) is 0 Å². The molecule has 0 aliphatic carbocycles. The Kier molecular flexibility index (Phi) is 3.51. The maximum absolute atomic E-state index is 11.0. The highest BCUT2D eigenvalue weighted by atomic mass is 16.2. The standard InChI is InChI=1S/C8H13NO2/c1-5(2)6(3)8(11)9-7(4)10/h1-4H3,(H,9,10,11). The Balaban J connectivity index is 4.28. The van der Waals surface area contributed by atoms with Crippen molar-refractivity contribution in [2.45, 2.75) is 27.7 Å². The third-order valence-electron chi connectivity index (χ3n) is 1.38. The Morgan fingerprint density at radius 2 is 1.45 bits per heavy atom. The van der Waals surface area contributed by atoms with Gasteiger partial charge >= 0.3 is 0 Å². The molecule has 62 valence electrons. The number of imide groups is 1. The lowest BCUT2D eigenvalue weighted by molar-refractivity contribution is -0.127. The summed E-state index contributed by atoms with van der Waals surface area (Å²) in [6.07, 6.45) is 0. The molecule has 11 heavy (non-hydrogen) atoms. The first-order chi connectivity index (χ1) is 4.95. The van der Waals surface area contributed by atoms with Crippen molar-refractivity contribution in [3.63, 3.8) is 0 Å². The van der Waals surface area contributed by atoms with Crippen LogP contribution in [0.1, 0.15) is 27.7 Å². The van der Waals surface area contributed by atoms with Gasteiger partial charge in [0.1, 0.15) is 0 Å². The zero-order valence-electron chi connectivity index (χ0n) is 7.32. The lowest BCUT2D eigenvalue weighted by Crippen LogP contribution is -2.28. The maximum Gasteiger partial charge on any atom is 0.253 e. The molecule has 0 aromatic rings. The van der Waals surface area contributed by atoms with Crippen LogP contribution in [0.15, 0.2) is 11.1 Å². The summed E-state index contributed by atoms with van der Waals surface area (Å²) >= 11 is 0. The van der Waals surface area contributed by atoms with Gasteiger partial charge in [0.15, 0.2) is 0 Å². The molecule has 0 spiro atoms. The highest BCUT2D eigenvalue weighted by molar-refractivity contribution is 6.03. The van der Waals surface area contributed by atoms with Crippen molar-refractivity contribution in [3.8, 4) is 0 Å². The van der Waals surface area contributed by atoms with E-state index < -0.39 is 0 Å². The lowest BCUT2D eigenvalue weighted by Gasteiger charge is -2.01. The van der Waals surface area contributed by atoms with Gasteiger partial charge in [0.25, 0.3) is 5.91 Å². The molecule has 0 saturated carbocycles. The van der Waals surface area contributed by atoms with Gasteiger partial charge < -0.3 is 0 Å². The first-order valence-corrected chi connectivity index (χ1v) is 3.41. The molecule has 0 rings (SSSR count). The number of allylic oxidation sites excluding steroid dienone is 1. The first-order valence-electron chi connectivity index (χ1n) is 3.41. The number of amides is 2. The van der Waals surface area contributed by atoms with Crippen LogP contribution in [0.3, 0.4) is 0 Å². The van der Waals surface area contributed by atoms with Crippen LogP contribution >= 0.6 is 0 Å². The highest BCUT2D eigenvalue weighted by Crippen LogP contribution is 2.00. The number of rotatable bonds is 1. The van der Waals surface area contributed by atoms with Crippen LogP contribution in [-0.4, -0.2) is 11.8 Å². The minimum Gasteiger partial charge on any atom is -0.293 e. The maximum atomic E-state index is 11.0. The van der Waals surface area contributed by atoms with Crippen molar-refractivity contribution in [1.82, 2.24) is 5.32 Å². The Morgan fingerprint density at radius 1 is 1.00 bits per heavy atom. The van der Waals surface area contributed by atoms with Gasteiger partial charge in [0.2, 0.25) is 5.91 Å². The minimum atomic E-state index is -0.324. The second-order valence-electron chi connectivity index (χ2n) is 2.64. The van der Waals surface area contributed by atoms with E-state index >= 15 is 0 Å². The third kappa shape index (κ3) is 3.55. The summed E-state index contributed by atoms with van der Waals surface area (Å²) in [5, 5.41) is 2.19. The Labute approximate surface area is 66.5 Å². The summed E-state index contributed by atoms with van der Waals surface area (Å²) in [6.45, 7) is 6.66. The molecule has 0 radical (unpaired) electrons. The first kappa shape index (κ1) is 9.88. The molecule has 2 amide bonds. The molecular weight excluding hydrogens is 142 g/mol. The third-order valence-corrected chi connectivity index (χ3v) is 1.38. The summed E-state index contributed by atoms with van der Waals surface area (Å²) in [4.78, 5) is 21.4. The molecule has 0 aliphatic rings. The molecule has 0 unspecified atom stereocenters. The van der Waals surface area contributed by atoms with Crippen LogP contribution in [0.4, 0.5) is 0 Å². The summed E-state index contributed by atoms with van der Waals surface area (Å²) in [7, 11) is 0. The number of carbonyl (C=O) groups excluding carboxylic acids is 2. The molecular formula is C8H13NO2. The number of hydrogen-bond donors (Lipinski definition) is 1. The van der Waals surface area contributed by atoms with Gasteiger partial charge in [-0.25, -0.2) is 0 Å². The van der Waals surface area contributed by atoms with Crippen molar-refractivity contribution >= 4 is 11.8 Å². The van der Waals surface area contributed by atoms with E-state index in [1.807, 2.05) is 13.8 Å². The van der Waals surface area contributed by atoms with E-state index in [4.69, 9.17) is 0 Å². The molecule has 0 atom stereocenters. The Bertz CT molecular complexity index is 212. The van der Waals surface area contributed by atoms with Gasteiger partial charge in [0, 0.05) is 12.5 Å². The molecule has 1 N–H and O–H groups in total. The molecule has 0 aliphatic heterocycles. The zero-order chi connectivity index (χ0) is 9.02. The highest BCUT2D eigenvalue weighted by Gasteiger charge is 2.05. The fourth-order valence-corrected chi connectivity index (χ4v) is 0.481. The molecule has 0 heterocycles. The minimum absolute atomic E-state index is 0.308. The molecule has 0 aromatic carbocycles. The van der Waals surface area contributed by atoms with Crippen LogP contribution in [0, 0.1) is 0 Å². The Morgan fingerprint density at radius 3 is 1.73 bits per heavy atom. The van der Waals surface area contributed by atoms with Gasteiger partial charge in [-0.1, -0.05) is 5.57 Å². The average Bonchev–Trinajstić information content (AvgIpc) is 1.84. The van der Waals surface area contributed by atoms with Crippen LogP contribution < -0.4 is 5.32 Å².